The van der Waals surface area contributed by atoms with Crippen LogP contribution in [0.5, 0.6) is 0 Å². The van der Waals surface area contributed by atoms with Crippen LogP contribution in [0.3, 0.4) is 0 Å². The highest BCUT2D eigenvalue weighted by Gasteiger charge is 2.20. The minimum Gasteiger partial charge on any atom is -0.354 e. The third-order valence-electron chi connectivity index (χ3n) is 4.64. The summed E-state index contributed by atoms with van der Waals surface area (Å²) in [5.41, 5.74) is 2.14. The lowest BCUT2D eigenvalue weighted by atomic mass is 10.1. The molecule has 1 fully saturated rings. The van der Waals surface area contributed by atoms with E-state index in [2.05, 4.69) is 30.4 Å². The Kier molecular flexibility index (Phi) is 5.12. The van der Waals surface area contributed by atoms with E-state index in [1.807, 2.05) is 54.9 Å². The van der Waals surface area contributed by atoms with Crippen LogP contribution < -0.4 is 10.2 Å². The Labute approximate surface area is 153 Å². The van der Waals surface area contributed by atoms with E-state index in [0.29, 0.717) is 6.04 Å². The Bertz CT molecular complexity index is 807. The zero-order chi connectivity index (χ0) is 17.6. The SMILES string of the molecule is c1ccc(-c2ncc(CN[C@@H]3CCCN(c4cccnn4)C3)cn2)cc1. The molecule has 0 saturated carbocycles. The molecule has 1 N–H and O–H groups in total. The second-order valence-corrected chi connectivity index (χ2v) is 6.53. The maximum atomic E-state index is 4.50. The van der Waals surface area contributed by atoms with E-state index in [1.165, 1.54) is 6.42 Å². The van der Waals surface area contributed by atoms with Gasteiger partial charge in [0.1, 0.15) is 0 Å². The molecule has 3 heterocycles. The fourth-order valence-electron chi connectivity index (χ4n) is 3.26. The summed E-state index contributed by atoms with van der Waals surface area (Å²) in [7, 11) is 0. The van der Waals surface area contributed by atoms with Crippen LogP contribution in [0.15, 0.2) is 61.1 Å². The van der Waals surface area contributed by atoms with E-state index in [0.717, 1.165) is 48.8 Å². The molecule has 1 aromatic carbocycles. The van der Waals surface area contributed by atoms with Gasteiger partial charge in [-0.2, -0.15) is 5.10 Å². The van der Waals surface area contributed by atoms with Gasteiger partial charge >= 0.3 is 0 Å². The number of aromatic nitrogens is 4. The van der Waals surface area contributed by atoms with Crippen molar-refractivity contribution in [1.29, 1.82) is 0 Å². The van der Waals surface area contributed by atoms with E-state index in [-0.39, 0.29) is 0 Å². The van der Waals surface area contributed by atoms with Crippen molar-refractivity contribution in [1.82, 2.24) is 25.5 Å². The van der Waals surface area contributed by atoms with Crippen LogP contribution in [0.4, 0.5) is 5.82 Å². The first-order valence-electron chi connectivity index (χ1n) is 9.01. The highest BCUT2D eigenvalue weighted by atomic mass is 15.3. The fraction of sp³-hybridized carbons (Fsp3) is 0.300. The normalized spacial score (nSPS) is 17.2. The number of benzene rings is 1. The monoisotopic (exact) mass is 346 g/mol. The Morgan fingerprint density at radius 3 is 2.65 bits per heavy atom. The van der Waals surface area contributed by atoms with Gasteiger partial charge in [-0.3, -0.25) is 0 Å². The molecule has 1 aliphatic rings. The molecule has 4 rings (SSSR count). The van der Waals surface area contributed by atoms with Crippen molar-refractivity contribution in [3.63, 3.8) is 0 Å². The van der Waals surface area contributed by atoms with Crippen molar-refractivity contribution in [3.8, 4) is 11.4 Å². The van der Waals surface area contributed by atoms with Gasteiger partial charge in [0.05, 0.1) is 0 Å². The Hall–Kier alpha value is -2.86. The lowest BCUT2D eigenvalue weighted by Gasteiger charge is -2.33. The van der Waals surface area contributed by atoms with Crippen LogP contribution in [0.1, 0.15) is 18.4 Å². The Morgan fingerprint density at radius 1 is 1.04 bits per heavy atom. The van der Waals surface area contributed by atoms with Crippen LogP contribution in [-0.4, -0.2) is 39.3 Å². The third kappa shape index (κ3) is 4.03. The van der Waals surface area contributed by atoms with Gasteiger partial charge in [-0.1, -0.05) is 30.3 Å². The number of nitrogens with zero attached hydrogens (tertiary/aromatic N) is 5. The van der Waals surface area contributed by atoms with Crippen LogP contribution in [0, 0.1) is 0 Å². The van der Waals surface area contributed by atoms with Crippen molar-refractivity contribution >= 4 is 5.82 Å². The van der Waals surface area contributed by atoms with Crippen molar-refractivity contribution in [2.75, 3.05) is 18.0 Å². The van der Waals surface area contributed by atoms with Gasteiger partial charge in [0.15, 0.2) is 11.6 Å². The topological polar surface area (TPSA) is 66.8 Å². The lowest BCUT2D eigenvalue weighted by Crippen LogP contribution is -2.45. The number of hydrogen-bond donors (Lipinski definition) is 1. The molecule has 0 bridgehead atoms. The van der Waals surface area contributed by atoms with Crippen LogP contribution >= 0.6 is 0 Å². The molecule has 26 heavy (non-hydrogen) atoms. The van der Waals surface area contributed by atoms with E-state index in [9.17, 15) is 0 Å². The summed E-state index contributed by atoms with van der Waals surface area (Å²) < 4.78 is 0. The summed E-state index contributed by atoms with van der Waals surface area (Å²) in [5, 5.41) is 11.8. The molecule has 1 atom stereocenters. The van der Waals surface area contributed by atoms with Gasteiger partial charge in [-0.25, -0.2) is 9.97 Å². The predicted molar refractivity (Wildman–Crippen MR) is 102 cm³/mol. The molecule has 0 amide bonds. The van der Waals surface area contributed by atoms with Crippen LogP contribution in [-0.2, 0) is 6.54 Å². The summed E-state index contributed by atoms with van der Waals surface area (Å²) in [5.74, 6) is 1.72. The summed E-state index contributed by atoms with van der Waals surface area (Å²) in [6, 6.07) is 14.4. The fourth-order valence-corrected chi connectivity index (χ4v) is 3.26. The van der Waals surface area contributed by atoms with Crippen molar-refractivity contribution in [2.45, 2.75) is 25.4 Å². The summed E-state index contributed by atoms with van der Waals surface area (Å²) >= 11 is 0. The predicted octanol–water partition coefficient (Wildman–Crippen LogP) is 2.69. The maximum absolute atomic E-state index is 4.50. The first kappa shape index (κ1) is 16.6. The van der Waals surface area contributed by atoms with Gasteiger partial charge in [0.25, 0.3) is 0 Å². The lowest BCUT2D eigenvalue weighted by molar-refractivity contribution is 0.419. The standard InChI is InChI=1S/C20H22N6/c1-2-6-17(7-3-1)20-22-13-16(14-23-20)12-21-18-8-5-11-26(15-18)19-9-4-10-24-25-19/h1-4,6-7,9-10,13-14,18,21H,5,8,11-12,15H2/t18-/m1/s1. The quantitative estimate of drug-likeness (QED) is 0.766. The summed E-state index contributed by atoms with van der Waals surface area (Å²) in [6.45, 7) is 2.75. The molecular formula is C20H22N6. The number of anilines is 1. The third-order valence-corrected chi connectivity index (χ3v) is 4.64. The van der Waals surface area contributed by atoms with Gasteiger partial charge in [-0.05, 0) is 25.0 Å². The molecule has 0 unspecified atom stereocenters. The molecule has 132 valence electrons. The second kappa shape index (κ2) is 8.01. The molecule has 6 nitrogen and oxygen atoms in total. The van der Waals surface area contributed by atoms with Gasteiger partial charge in [-0.15, -0.1) is 5.10 Å². The van der Waals surface area contributed by atoms with Crippen LogP contribution in [0.25, 0.3) is 11.4 Å². The van der Waals surface area contributed by atoms with Crippen molar-refractivity contribution < 1.29 is 0 Å². The molecule has 1 aliphatic heterocycles. The van der Waals surface area contributed by atoms with Gasteiger partial charge in [0.2, 0.25) is 0 Å². The minimum atomic E-state index is 0.430. The molecule has 6 heteroatoms. The first-order chi connectivity index (χ1) is 12.9. The van der Waals surface area contributed by atoms with Crippen LogP contribution in [0.2, 0.25) is 0 Å². The van der Waals surface area contributed by atoms with E-state index in [4.69, 9.17) is 0 Å². The largest absolute Gasteiger partial charge is 0.354 e. The number of hydrogen-bond acceptors (Lipinski definition) is 6. The molecule has 0 spiro atoms. The molecule has 1 saturated heterocycles. The minimum absolute atomic E-state index is 0.430. The van der Waals surface area contributed by atoms with E-state index in [1.54, 1.807) is 6.20 Å². The summed E-state index contributed by atoms with van der Waals surface area (Å²) in [4.78, 5) is 11.3. The van der Waals surface area contributed by atoms with Crippen molar-refractivity contribution in [3.05, 3.63) is 66.6 Å². The van der Waals surface area contributed by atoms with E-state index >= 15 is 0 Å². The van der Waals surface area contributed by atoms with Gasteiger partial charge in [0, 0.05) is 55.4 Å². The average molecular weight is 346 g/mol. The van der Waals surface area contributed by atoms with Crippen molar-refractivity contribution in [2.24, 2.45) is 0 Å². The molecule has 3 aromatic rings. The smallest absolute Gasteiger partial charge is 0.159 e. The van der Waals surface area contributed by atoms with Gasteiger partial charge < -0.3 is 10.2 Å². The Balaban J connectivity index is 1.34. The second-order valence-electron chi connectivity index (χ2n) is 6.53. The maximum Gasteiger partial charge on any atom is 0.159 e. The zero-order valence-corrected chi connectivity index (χ0v) is 14.6. The molecule has 0 aliphatic carbocycles. The molecule has 2 aromatic heterocycles. The molecular weight excluding hydrogens is 324 g/mol. The van der Waals surface area contributed by atoms with E-state index < -0.39 is 0 Å². The average Bonchev–Trinajstić information content (AvgIpc) is 2.74. The number of piperidine rings is 1. The Morgan fingerprint density at radius 2 is 1.88 bits per heavy atom. The number of rotatable bonds is 5. The molecule has 0 radical (unpaired) electrons. The number of nitrogens with one attached hydrogen (secondary N) is 1. The summed E-state index contributed by atoms with van der Waals surface area (Å²) in [6.07, 6.45) is 7.84. The highest BCUT2D eigenvalue weighted by Crippen LogP contribution is 2.17. The highest BCUT2D eigenvalue weighted by molar-refractivity contribution is 5.53. The zero-order valence-electron chi connectivity index (χ0n) is 14.6. The first-order valence-corrected chi connectivity index (χ1v) is 9.01.